The molecule has 1 N–H and O–H groups in total. The molecule has 0 radical (unpaired) electrons. The lowest BCUT2D eigenvalue weighted by Gasteiger charge is -2.38. The number of hydrogen-bond acceptors (Lipinski definition) is 6. The van der Waals surface area contributed by atoms with Gasteiger partial charge in [0.05, 0.1) is 34.3 Å². The molecule has 32 heavy (non-hydrogen) atoms. The zero-order valence-corrected chi connectivity index (χ0v) is 19.2. The van der Waals surface area contributed by atoms with Gasteiger partial charge in [0.1, 0.15) is 12.2 Å². The number of methoxy groups -OCH3 is 1. The number of rotatable bonds is 7. The molecule has 0 spiro atoms. The molecule has 0 bridgehead atoms. The highest BCUT2D eigenvalue weighted by Crippen LogP contribution is 2.45. The van der Waals surface area contributed by atoms with Gasteiger partial charge in [0, 0.05) is 25.0 Å². The number of ether oxygens (including phenoxy) is 2. The van der Waals surface area contributed by atoms with Crippen molar-refractivity contribution in [2.75, 3.05) is 20.3 Å². The molecule has 1 fully saturated rings. The molecular formula is C24H27ClN2O5. The van der Waals surface area contributed by atoms with E-state index in [4.69, 9.17) is 21.1 Å². The lowest BCUT2D eigenvalue weighted by molar-refractivity contribution is -0.144. The Morgan fingerprint density at radius 2 is 1.88 bits per heavy atom. The van der Waals surface area contributed by atoms with E-state index in [-0.39, 0.29) is 27.8 Å². The van der Waals surface area contributed by atoms with E-state index in [0.717, 1.165) is 25.7 Å². The Hall–Kier alpha value is -2.82. The predicted molar refractivity (Wildman–Crippen MR) is 119 cm³/mol. The van der Waals surface area contributed by atoms with Gasteiger partial charge in [-0.15, -0.1) is 0 Å². The monoisotopic (exact) mass is 458 g/mol. The van der Waals surface area contributed by atoms with Gasteiger partial charge >= 0.3 is 11.9 Å². The minimum Gasteiger partial charge on any atom is -0.478 e. The highest BCUT2D eigenvalue weighted by molar-refractivity contribution is 6.32. The number of carbonyl (C=O) groups is 2. The molecule has 1 heterocycles. The fourth-order valence-electron chi connectivity index (χ4n) is 4.56. The van der Waals surface area contributed by atoms with E-state index in [1.54, 1.807) is 44.1 Å². The number of esters is 1. The Morgan fingerprint density at radius 1 is 1.22 bits per heavy atom. The number of halogens is 1. The predicted octanol–water partition coefficient (Wildman–Crippen LogP) is 4.38. The van der Waals surface area contributed by atoms with Crippen molar-refractivity contribution in [2.24, 2.45) is 0 Å². The van der Waals surface area contributed by atoms with Crippen molar-refractivity contribution in [3.05, 3.63) is 56.9 Å². The molecule has 1 saturated carbocycles. The van der Waals surface area contributed by atoms with Crippen LogP contribution in [0.3, 0.4) is 0 Å². The van der Waals surface area contributed by atoms with Crippen LogP contribution in [0.1, 0.15) is 56.6 Å². The van der Waals surface area contributed by atoms with Crippen LogP contribution in [-0.4, -0.2) is 48.3 Å². The Kier molecular flexibility index (Phi) is 7.60. The van der Waals surface area contributed by atoms with E-state index in [9.17, 15) is 20.0 Å². The van der Waals surface area contributed by atoms with E-state index in [1.807, 2.05) is 6.07 Å². The van der Waals surface area contributed by atoms with Gasteiger partial charge in [-0.1, -0.05) is 23.7 Å². The van der Waals surface area contributed by atoms with Crippen molar-refractivity contribution in [1.29, 1.82) is 5.26 Å². The maximum absolute atomic E-state index is 13.4. The lowest BCUT2D eigenvalue weighted by Crippen LogP contribution is -2.37. The molecule has 1 aromatic carbocycles. The van der Waals surface area contributed by atoms with Gasteiger partial charge in [-0.2, -0.15) is 5.26 Å². The molecule has 170 valence electrons. The summed E-state index contributed by atoms with van der Waals surface area (Å²) in [7, 11) is 1.56. The van der Waals surface area contributed by atoms with Crippen molar-refractivity contribution < 1.29 is 24.2 Å². The molecule has 1 unspecified atom stereocenters. The highest BCUT2D eigenvalue weighted by atomic mass is 35.5. The van der Waals surface area contributed by atoms with E-state index < -0.39 is 17.9 Å². The molecular weight excluding hydrogens is 432 g/mol. The van der Waals surface area contributed by atoms with E-state index >= 15 is 0 Å². The van der Waals surface area contributed by atoms with E-state index in [0.29, 0.717) is 30.1 Å². The number of nitrogens with zero attached hydrogens (tertiary/aromatic N) is 2. The second-order valence-electron chi connectivity index (χ2n) is 8.01. The third-order valence-corrected chi connectivity index (χ3v) is 6.59. The van der Waals surface area contributed by atoms with Crippen LogP contribution in [0.15, 0.2) is 40.7 Å². The van der Waals surface area contributed by atoms with Gasteiger partial charge in [0.25, 0.3) is 0 Å². The van der Waals surface area contributed by atoms with Crippen LogP contribution in [0.2, 0.25) is 5.02 Å². The summed E-state index contributed by atoms with van der Waals surface area (Å²) < 4.78 is 11.0. The van der Waals surface area contributed by atoms with Crippen molar-refractivity contribution in [1.82, 2.24) is 4.90 Å². The molecule has 0 aromatic heterocycles. The number of carboxylic acids is 1. The number of nitriles is 1. The Bertz CT molecular complexity index is 1020. The number of aliphatic carboxylic acids is 1. The lowest BCUT2D eigenvalue weighted by atomic mass is 9.79. The summed E-state index contributed by atoms with van der Waals surface area (Å²) in [4.78, 5) is 27.7. The first kappa shape index (κ1) is 23.8. The van der Waals surface area contributed by atoms with Crippen LogP contribution in [-0.2, 0) is 19.1 Å². The quantitative estimate of drug-likeness (QED) is 0.605. The van der Waals surface area contributed by atoms with Gasteiger partial charge in [-0.05, 0) is 51.2 Å². The van der Waals surface area contributed by atoms with Crippen LogP contribution in [0.5, 0.6) is 0 Å². The number of carboxylic acid groups (broad SMARTS) is 1. The first-order chi connectivity index (χ1) is 15.3. The minimum atomic E-state index is -1.16. The molecule has 1 atom stereocenters. The first-order valence-electron chi connectivity index (χ1n) is 10.6. The van der Waals surface area contributed by atoms with Crippen LogP contribution >= 0.6 is 11.6 Å². The summed E-state index contributed by atoms with van der Waals surface area (Å²) in [5.41, 5.74) is 1.96. The molecule has 8 heteroatoms. The maximum atomic E-state index is 13.4. The van der Waals surface area contributed by atoms with E-state index in [2.05, 4.69) is 0 Å². The summed E-state index contributed by atoms with van der Waals surface area (Å²) in [5.74, 6) is -2.67. The first-order valence-corrected chi connectivity index (χ1v) is 11.0. The topological polar surface area (TPSA) is 99.9 Å². The van der Waals surface area contributed by atoms with Crippen molar-refractivity contribution in [3.63, 3.8) is 0 Å². The van der Waals surface area contributed by atoms with Crippen LogP contribution in [0.25, 0.3) is 0 Å². The summed E-state index contributed by atoms with van der Waals surface area (Å²) in [6.07, 6.45) is 3.39. The maximum Gasteiger partial charge on any atom is 0.337 e. The third-order valence-electron chi connectivity index (χ3n) is 6.17. The molecule has 2 aliphatic rings. The Morgan fingerprint density at radius 3 is 2.47 bits per heavy atom. The number of carbonyl (C=O) groups excluding carboxylic acids is 1. The van der Waals surface area contributed by atoms with Crippen LogP contribution in [0, 0.1) is 11.3 Å². The standard InChI is InChI=1S/C24H27ClN2O5/c1-14-19(23(28)29)21(18-10-6-7-16(13-26)22(18)25)20(15(2)27(14)11-12-31-3)24(30)32-17-8-4-5-9-17/h6-7,10,17,21H,4-5,8-9,11-12H2,1-3H3,(H,28,29). The average Bonchev–Trinajstić information content (AvgIpc) is 3.26. The van der Waals surface area contributed by atoms with Gasteiger partial charge in [0.2, 0.25) is 0 Å². The van der Waals surface area contributed by atoms with E-state index in [1.165, 1.54) is 0 Å². The Balaban J connectivity index is 2.20. The Labute approximate surface area is 192 Å². The second-order valence-corrected chi connectivity index (χ2v) is 8.39. The van der Waals surface area contributed by atoms with Crippen LogP contribution in [0.4, 0.5) is 0 Å². The van der Waals surface area contributed by atoms with Crippen LogP contribution < -0.4 is 0 Å². The molecule has 0 amide bonds. The molecule has 1 aliphatic carbocycles. The smallest absolute Gasteiger partial charge is 0.337 e. The van der Waals surface area contributed by atoms with Gasteiger partial charge in [-0.25, -0.2) is 9.59 Å². The SMILES string of the molecule is COCCN1C(C)=C(C(=O)O)C(c2cccc(C#N)c2Cl)C(C(=O)OC2CCCC2)=C1C. The zero-order chi connectivity index (χ0) is 23.4. The average molecular weight is 459 g/mol. The van der Waals surface area contributed by atoms with Crippen molar-refractivity contribution in [3.8, 4) is 6.07 Å². The molecule has 1 aromatic rings. The molecule has 0 saturated heterocycles. The fourth-order valence-corrected chi connectivity index (χ4v) is 4.83. The largest absolute Gasteiger partial charge is 0.478 e. The highest BCUT2D eigenvalue weighted by Gasteiger charge is 2.41. The van der Waals surface area contributed by atoms with Gasteiger partial charge in [0.15, 0.2) is 0 Å². The zero-order valence-electron chi connectivity index (χ0n) is 18.5. The number of hydrogen-bond donors (Lipinski definition) is 1. The minimum absolute atomic E-state index is 0.0297. The van der Waals surface area contributed by atoms with Gasteiger partial charge < -0.3 is 19.5 Å². The van der Waals surface area contributed by atoms with Crippen molar-refractivity contribution in [2.45, 2.75) is 51.6 Å². The second kappa shape index (κ2) is 10.2. The summed E-state index contributed by atoms with van der Waals surface area (Å²) >= 11 is 6.52. The summed E-state index contributed by atoms with van der Waals surface area (Å²) in [6.45, 7) is 4.21. The van der Waals surface area contributed by atoms with Crippen molar-refractivity contribution >= 4 is 23.5 Å². The molecule has 7 nitrogen and oxygen atoms in total. The molecule has 3 rings (SSSR count). The summed E-state index contributed by atoms with van der Waals surface area (Å²) in [5, 5.41) is 19.7. The number of allylic oxidation sites excluding steroid dienone is 2. The molecule has 1 aliphatic heterocycles. The summed E-state index contributed by atoms with van der Waals surface area (Å²) in [6, 6.07) is 6.88. The normalized spacial score (nSPS) is 19.3. The third kappa shape index (κ3) is 4.52. The fraction of sp³-hybridized carbons (Fsp3) is 0.458. The van der Waals surface area contributed by atoms with Gasteiger partial charge in [-0.3, -0.25) is 0 Å². The number of benzene rings is 1.